The van der Waals surface area contributed by atoms with Crippen molar-refractivity contribution in [3.8, 4) is 0 Å². The summed E-state index contributed by atoms with van der Waals surface area (Å²) in [6.45, 7) is 6.97. The first-order chi connectivity index (χ1) is 8.29. The minimum Gasteiger partial charge on any atom is -0.389 e. The van der Waals surface area contributed by atoms with Gasteiger partial charge >= 0.3 is 0 Å². The van der Waals surface area contributed by atoms with Crippen LogP contribution in [0.4, 0.5) is 0 Å². The van der Waals surface area contributed by atoms with Gasteiger partial charge in [-0.2, -0.15) is 0 Å². The molecular weight excluding hydrogens is 226 g/mol. The molecule has 0 saturated heterocycles. The third kappa shape index (κ3) is 5.17. The molecule has 1 aromatic carbocycles. The number of aryl methyl sites for hydroxylation is 1. The molecule has 0 spiro atoms. The molecule has 3 heteroatoms. The maximum absolute atomic E-state index is 10.2. The second kappa shape index (κ2) is 6.32. The van der Waals surface area contributed by atoms with Gasteiger partial charge in [-0.05, 0) is 45.4 Å². The van der Waals surface area contributed by atoms with E-state index in [2.05, 4.69) is 0 Å². The summed E-state index contributed by atoms with van der Waals surface area (Å²) < 4.78 is 0. The van der Waals surface area contributed by atoms with E-state index in [1.165, 1.54) is 0 Å². The van der Waals surface area contributed by atoms with Crippen LogP contribution >= 0.6 is 0 Å². The summed E-state index contributed by atoms with van der Waals surface area (Å²) in [4.78, 5) is 2.04. The van der Waals surface area contributed by atoms with Gasteiger partial charge in [-0.25, -0.2) is 0 Å². The molecule has 0 fully saturated rings. The Balaban J connectivity index is 2.47. The lowest BCUT2D eigenvalue weighted by Gasteiger charge is -2.26. The lowest BCUT2D eigenvalue weighted by Crippen LogP contribution is -2.37. The van der Waals surface area contributed by atoms with Crippen molar-refractivity contribution < 1.29 is 10.2 Å². The smallest absolute Gasteiger partial charge is 0.0804 e. The summed E-state index contributed by atoms with van der Waals surface area (Å²) in [6.07, 6.45) is 0.243. The van der Waals surface area contributed by atoms with Gasteiger partial charge in [0.15, 0.2) is 0 Å². The molecule has 102 valence electrons. The van der Waals surface area contributed by atoms with E-state index >= 15 is 0 Å². The lowest BCUT2D eigenvalue weighted by atomic mass is 10.0. The van der Waals surface area contributed by atoms with Gasteiger partial charge in [0, 0.05) is 13.1 Å². The highest BCUT2D eigenvalue weighted by Crippen LogP contribution is 2.20. The summed E-state index contributed by atoms with van der Waals surface area (Å²) in [5.41, 5.74) is 1.42. The van der Waals surface area contributed by atoms with Crippen LogP contribution in [-0.2, 0) is 0 Å². The second-order valence-electron chi connectivity index (χ2n) is 5.71. The second-order valence-corrected chi connectivity index (χ2v) is 5.71. The molecule has 0 saturated carbocycles. The van der Waals surface area contributed by atoms with Crippen LogP contribution in [-0.4, -0.2) is 40.9 Å². The van der Waals surface area contributed by atoms with E-state index < -0.39 is 11.7 Å². The average Bonchev–Trinajstić information content (AvgIpc) is 2.24. The van der Waals surface area contributed by atoms with E-state index in [4.69, 9.17) is 0 Å². The third-order valence-electron chi connectivity index (χ3n) is 2.99. The SMILES string of the molecule is Cc1ccccc1C(O)CCN(C)CC(C)(C)O. The number of hydrogen-bond acceptors (Lipinski definition) is 3. The Hall–Kier alpha value is -0.900. The van der Waals surface area contributed by atoms with Crippen LogP contribution in [0.5, 0.6) is 0 Å². The van der Waals surface area contributed by atoms with Crippen molar-refractivity contribution in [2.45, 2.75) is 38.9 Å². The van der Waals surface area contributed by atoms with Crippen molar-refractivity contribution in [2.24, 2.45) is 0 Å². The monoisotopic (exact) mass is 251 g/mol. The normalized spacial score (nSPS) is 13.9. The van der Waals surface area contributed by atoms with Gasteiger partial charge in [0.25, 0.3) is 0 Å². The van der Waals surface area contributed by atoms with Crippen LogP contribution in [0.2, 0.25) is 0 Å². The summed E-state index contributed by atoms with van der Waals surface area (Å²) >= 11 is 0. The number of rotatable bonds is 6. The van der Waals surface area contributed by atoms with Gasteiger partial charge in [-0.1, -0.05) is 24.3 Å². The van der Waals surface area contributed by atoms with Crippen molar-refractivity contribution >= 4 is 0 Å². The quantitative estimate of drug-likeness (QED) is 0.814. The van der Waals surface area contributed by atoms with E-state index in [-0.39, 0.29) is 0 Å². The summed E-state index contributed by atoms with van der Waals surface area (Å²) in [5, 5.41) is 19.9. The van der Waals surface area contributed by atoms with Crippen molar-refractivity contribution in [1.29, 1.82) is 0 Å². The van der Waals surface area contributed by atoms with Crippen LogP contribution in [0.1, 0.15) is 37.5 Å². The molecular formula is C15H25NO2. The zero-order valence-electron chi connectivity index (χ0n) is 11.8. The van der Waals surface area contributed by atoms with Crippen molar-refractivity contribution in [3.63, 3.8) is 0 Å². The molecule has 0 aromatic heterocycles. The van der Waals surface area contributed by atoms with E-state index in [9.17, 15) is 10.2 Å². The van der Waals surface area contributed by atoms with Gasteiger partial charge in [-0.3, -0.25) is 0 Å². The first-order valence-electron chi connectivity index (χ1n) is 6.44. The standard InChI is InChI=1S/C15H25NO2/c1-12-7-5-6-8-13(12)14(17)9-10-16(4)11-15(2,3)18/h5-8,14,17-18H,9-11H2,1-4H3. The first kappa shape index (κ1) is 15.2. The van der Waals surface area contributed by atoms with Crippen LogP contribution in [0, 0.1) is 6.92 Å². The molecule has 0 aliphatic rings. The predicted molar refractivity (Wildman–Crippen MR) is 74.6 cm³/mol. The number of hydrogen-bond donors (Lipinski definition) is 2. The fourth-order valence-electron chi connectivity index (χ4n) is 2.20. The molecule has 2 N–H and O–H groups in total. The Kier molecular flexibility index (Phi) is 5.32. The summed E-state index contributed by atoms with van der Waals surface area (Å²) in [7, 11) is 1.96. The number of aliphatic hydroxyl groups excluding tert-OH is 1. The minimum atomic E-state index is -0.692. The van der Waals surface area contributed by atoms with Crippen molar-refractivity contribution in [1.82, 2.24) is 4.90 Å². The number of nitrogens with zero attached hydrogens (tertiary/aromatic N) is 1. The fraction of sp³-hybridized carbons (Fsp3) is 0.600. The number of aliphatic hydroxyl groups is 2. The summed E-state index contributed by atoms with van der Waals surface area (Å²) in [5.74, 6) is 0. The van der Waals surface area contributed by atoms with E-state index in [0.29, 0.717) is 13.0 Å². The van der Waals surface area contributed by atoms with Gasteiger partial charge in [0.1, 0.15) is 0 Å². The first-order valence-corrected chi connectivity index (χ1v) is 6.44. The lowest BCUT2D eigenvalue weighted by molar-refractivity contribution is 0.0393. The van der Waals surface area contributed by atoms with Gasteiger partial charge in [0.2, 0.25) is 0 Å². The maximum Gasteiger partial charge on any atom is 0.0804 e. The highest BCUT2D eigenvalue weighted by molar-refractivity contribution is 5.27. The Labute approximate surface area is 110 Å². The molecule has 3 nitrogen and oxygen atoms in total. The Bertz CT molecular complexity index is 371. The molecule has 18 heavy (non-hydrogen) atoms. The molecule has 0 radical (unpaired) electrons. The summed E-state index contributed by atoms with van der Waals surface area (Å²) in [6, 6.07) is 7.91. The molecule has 0 aliphatic carbocycles. The van der Waals surface area contributed by atoms with Crippen LogP contribution in [0.15, 0.2) is 24.3 Å². The molecule has 0 heterocycles. The Morgan fingerprint density at radius 1 is 1.28 bits per heavy atom. The van der Waals surface area contributed by atoms with Crippen molar-refractivity contribution in [3.05, 3.63) is 35.4 Å². The van der Waals surface area contributed by atoms with Gasteiger partial charge < -0.3 is 15.1 Å². The van der Waals surface area contributed by atoms with Gasteiger partial charge in [-0.15, -0.1) is 0 Å². The van der Waals surface area contributed by atoms with E-state index in [0.717, 1.165) is 17.7 Å². The Morgan fingerprint density at radius 2 is 1.89 bits per heavy atom. The number of likely N-dealkylation sites (N-methyl/N-ethyl adjacent to an activating group) is 1. The van der Waals surface area contributed by atoms with E-state index in [1.807, 2.05) is 43.1 Å². The maximum atomic E-state index is 10.2. The Morgan fingerprint density at radius 3 is 2.44 bits per heavy atom. The highest BCUT2D eigenvalue weighted by Gasteiger charge is 2.17. The average molecular weight is 251 g/mol. The highest BCUT2D eigenvalue weighted by atomic mass is 16.3. The zero-order valence-corrected chi connectivity index (χ0v) is 11.8. The largest absolute Gasteiger partial charge is 0.389 e. The zero-order chi connectivity index (χ0) is 13.8. The van der Waals surface area contributed by atoms with Crippen LogP contribution in [0.25, 0.3) is 0 Å². The van der Waals surface area contributed by atoms with Crippen molar-refractivity contribution in [2.75, 3.05) is 20.1 Å². The molecule has 0 aliphatic heterocycles. The molecule has 0 bridgehead atoms. The minimum absolute atomic E-state index is 0.435. The molecule has 1 unspecified atom stereocenters. The predicted octanol–water partition coefficient (Wildman–Crippen LogP) is 2.12. The van der Waals surface area contributed by atoms with Crippen LogP contribution < -0.4 is 0 Å². The van der Waals surface area contributed by atoms with E-state index in [1.54, 1.807) is 13.8 Å². The van der Waals surface area contributed by atoms with Gasteiger partial charge in [0.05, 0.1) is 11.7 Å². The molecule has 1 atom stereocenters. The fourth-order valence-corrected chi connectivity index (χ4v) is 2.20. The van der Waals surface area contributed by atoms with Crippen LogP contribution in [0.3, 0.4) is 0 Å². The number of benzene rings is 1. The molecule has 0 amide bonds. The third-order valence-corrected chi connectivity index (χ3v) is 2.99. The molecule has 1 aromatic rings. The molecule has 1 rings (SSSR count). The topological polar surface area (TPSA) is 43.7 Å².